The molecule has 0 atom stereocenters. The maximum atomic E-state index is 12.1. The Balaban J connectivity index is 2.28. The van der Waals surface area contributed by atoms with Crippen LogP contribution in [0, 0.1) is 0 Å². The first-order valence-corrected chi connectivity index (χ1v) is 6.15. The fraction of sp³-hybridized carbons (Fsp3) is 0.0714. The standard InChI is InChI=1S/C14H11Cl2NO/c15-12-4-2-1-3-9(12)7-14(18)11-8-10(17)5-6-13(11)16/h1-6,8H,7,17H2. The van der Waals surface area contributed by atoms with Gasteiger partial charge in [0.15, 0.2) is 5.78 Å². The summed E-state index contributed by atoms with van der Waals surface area (Å²) in [5.41, 5.74) is 7.37. The molecule has 2 N–H and O–H groups in total. The van der Waals surface area contributed by atoms with Crippen molar-refractivity contribution in [3.8, 4) is 0 Å². The van der Waals surface area contributed by atoms with Crippen LogP contribution in [0.25, 0.3) is 0 Å². The Morgan fingerprint density at radius 2 is 1.78 bits per heavy atom. The molecule has 0 unspecified atom stereocenters. The quantitative estimate of drug-likeness (QED) is 0.682. The third-order valence-electron chi connectivity index (χ3n) is 2.60. The zero-order valence-corrected chi connectivity index (χ0v) is 11.0. The fourth-order valence-electron chi connectivity index (χ4n) is 1.67. The van der Waals surface area contributed by atoms with Gasteiger partial charge in [-0.3, -0.25) is 4.79 Å². The zero-order valence-electron chi connectivity index (χ0n) is 9.49. The second-order valence-electron chi connectivity index (χ2n) is 3.93. The van der Waals surface area contributed by atoms with Crippen LogP contribution in [-0.4, -0.2) is 5.78 Å². The van der Waals surface area contributed by atoms with Crippen molar-refractivity contribution in [3.63, 3.8) is 0 Å². The lowest BCUT2D eigenvalue weighted by atomic mass is 10.0. The van der Waals surface area contributed by atoms with Gasteiger partial charge in [0.2, 0.25) is 0 Å². The molecule has 2 aromatic rings. The van der Waals surface area contributed by atoms with Crippen molar-refractivity contribution in [1.82, 2.24) is 0 Å². The molecular weight excluding hydrogens is 269 g/mol. The van der Waals surface area contributed by atoms with Crippen LogP contribution in [0.1, 0.15) is 15.9 Å². The molecule has 0 heterocycles. The van der Waals surface area contributed by atoms with Crippen LogP contribution < -0.4 is 5.73 Å². The van der Waals surface area contributed by atoms with Gasteiger partial charge < -0.3 is 5.73 Å². The summed E-state index contributed by atoms with van der Waals surface area (Å²) in [4.78, 5) is 12.1. The van der Waals surface area contributed by atoms with Gasteiger partial charge in [-0.2, -0.15) is 0 Å². The molecule has 18 heavy (non-hydrogen) atoms. The van der Waals surface area contributed by atoms with Gasteiger partial charge in [-0.05, 0) is 29.8 Å². The van der Waals surface area contributed by atoms with E-state index in [0.29, 0.717) is 21.3 Å². The zero-order chi connectivity index (χ0) is 13.1. The van der Waals surface area contributed by atoms with E-state index >= 15 is 0 Å². The molecule has 2 aromatic carbocycles. The summed E-state index contributed by atoms with van der Waals surface area (Å²) in [7, 11) is 0. The number of rotatable bonds is 3. The van der Waals surface area contributed by atoms with Gasteiger partial charge in [0.25, 0.3) is 0 Å². The summed E-state index contributed by atoms with van der Waals surface area (Å²) >= 11 is 12.0. The van der Waals surface area contributed by atoms with Gasteiger partial charge >= 0.3 is 0 Å². The van der Waals surface area contributed by atoms with Crippen molar-refractivity contribution in [2.45, 2.75) is 6.42 Å². The van der Waals surface area contributed by atoms with Crippen LogP contribution >= 0.6 is 23.2 Å². The maximum absolute atomic E-state index is 12.1. The minimum atomic E-state index is -0.0969. The molecule has 0 radical (unpaired) electrons. The lowest BCUT2D eigenvalue weighted by Gasteiger charge is -2.06. The summed E-state index contributed by atoms with van der Waals surface area (Å²) < 4.78 is 0. The fourth-order valence-corrected chi connectivity index (χ4v) is 2.09. The molecule has 0 aliphatic carbocycles. The van der Waals surface area contributed by atoms with Crippen LogP contribution in [-0.2, 0) is 6.42 Å². The molecule has 0 aliphatic rings. The van der Waals surface area contributed by atoms with Gasteiger partial charge in [0.1, 0.15) is 0 Å². The molecule has 0 saturated heterocycles. The number of ketones is 1. The van der Waals surface area contributed by atoms with Crippen molar-refractivity contribution in [1.29, 1.82) is 0 Å². The van der Waals surface area contributed by atoms with E-state index in [2.05, 4.69) is 0 Å². The molecule has 0 saturated carbocycles. The number of hydrogen-bond donors (Lipinski definition) is 1. The molecule has 2 rings (SSSR count). The highest BCUT2D eigenvalue weighted by Crippen LogP contribution is 2.23. The minimum absolute atomic E-state index is 0.0969. The normalized spacial score (nSPS) is 10.3. The van der Waals surface area contributed by atoms with Gasteiger partial charge in [-0.1, -0.05) is 41.4 Å². The van der Waals surface area contributed by atoms with Crippen molar-refractivity contribution in [2.75, 3.05) is 5.73 Å². The first kappa shape index (κ1) is 12.9. The summed E-state index contributed by atoms with van der Waals surface area (Å²) in [5.74, 6) is -0.0969. The van der Waals surface area contributed by atoms with E-state index in [4.69, 9.17) is 28.9 Å². The van der Waals surface area contributed by atoms with Crippen LogP contribution in [0.15, 0.2) is 42.5 Å². The van der Waals surface area contributed by atoms with Crippen LogP contribution in [0.4, 0.5) is 5.69 Å². The highest BCUT2D eigenvalue weighted by molar-refractivity contribution is 6.34. The molecule has 0 amide bonds. The van der Waals surface area contributed by atoms with E-state index in [1.165, 1.54) is 0 Å². The number of carbonyl (C=O) groups excluding carboxylic acids is 1. The second-order valence-corrected chi connectivity index (χ2v) is 4.75. The lowest BCUT2D eigenvalue weighted by molar-refractivity contribution is 0.0993. The number of nitrogen functional groups attached to an aromatic ring is 1. The first-order chi connectivity index (χ1) is 8.58. The number of benzene rings is 2. The van der Waals surface area contributed by atoms with E-state index in [1.54, 1.807) is 24.3 Å². The monoisotopic (exact) mass is 279 g/mol. The van der Waals surface area contributed by atoms with E-state index in [-0.39, 0.29) is 12.2 Å². The number of nitrogens with two attached hydrogens (primary N) is 1. The molecular formula is C14H11Cl2NO. The Morgan fingerprint density at radius 3 is 2.50 bits per heavy atom. The van der Waals surface area contributed by atoms with Crippen LogP contribution in [0.2, 0.25) is 10.0 Å². The topological polar surface area (TPSA) is 43.1 Å². The number of carbonyl (C=O) groups is 1. The molecule has 92 valence electrons. The number of halogens is 2. The number of Topliss-reactive ketones (excluding diaryl/α,β-unsaturated/α-hetero) is 1. The SMILES string of the molecule is Nc1ccc(Cl)c(C(=O)Cc2ccccc2Cl)c1. The Labute approximate surface area is 115 Å². The largest absolute Gasteiger partial charge is 0.399 e. The average Bonchev–Trinajstić information content (AvgIpc) is 2.35. The van der Waals surface area contributed by atoms with Crippen molar-refractivity contribution < 1.29 is 4.79 Å². The van der Waals surface area contributed by atoms with Gasteiger partial charge in [-0.25, -0.2) is 0 Å². The molecule has 0 spiro atoms. The first-order valence-electron chi connectivity index (χ1n) is 5.39. The number of anilines is 1. The van der Waals surface area contributed by atoms with Gasteiger partial charge in [-0.15, -0.1) is 0 Å². The Hall–Kier alpha value is -1.51. The summed E-state index contributed by atoms with van der Waals surface area (Å²) in [5, 5.41) is 0.979. The van der Waals surface area contributed by atoms with E-state index in [1.807, 2.05) is 18.2 Å². The second kappa shape index (κ2) is 5.42. The molecule has 4 heteroatoms. The molecule has 0 aliphatic heterocycles. The van der Waals surface area contributed by atoms with E-state index in [9.17, 15) is 4.79 Å². The van der Waals surface area contributed by atoms with Crippen LogP contribution in [0.3, 0.4) is 0 Å². The Kier molecular flexibility index (Phi) is 3.90. The molecule has 0 fully saturated rings. The summed E-state index contributed by atoms with van der Waals surface area (Å²) in [6, 6.07) is 12.1. The summed E-state index contributed by atoms with van der Waals surface area (Å²) in [6.07, 6.45) is 0.211. The molecule has 2 nitrogen and oxygen atoms in total. The predicted octanol–water partition coefficient (Wildman–Crippen LogP) is 4.00. The Morgan fingerprint density at radius 1 is 1.06 bits per heavy atom. The van der Waals surface area contributed by atoms with Gasteiger partial charge in [0, 0.05) is 22.7 Å². The van der Waals surface area contributed by atoms with Gasteiger partial charge in [0.05, 0.1) is 5.02 Å². The minimum Gasteiger partial charge on any atom is -0.399 e. The summed E-state index contributed by atoms with van der Waals surface area (Å²) in [6.45, 7) is 0. The maximum Gasteiger partial charge on any atom is 0.168 e. The smallest absolute Gasteiger partial charge is 0.168 e. The van der Waals surface area contributed by atoms with Crippen LogP contribution in [0.5, 0.6) is 0 Å². The highest BCUT2D eigenvalue weighted by Gasteiger charge is 2.13. The Bertz CT molecular complexity index is 596. The predicted molar refractivity (Wildman–Crippen MR) is 75.4 cm³/mol. The van der Waals surface area contributed by atoms with Crippen molar-refractivity contribution in [3.05, 3.63) is 63.6 Å². The average molecular weight is 280 g/mol. The highest BCUT2D eigenvalue weighted by atomic mass is 35.5. The van der Waals surface area contributed by atoms with E-state index in [0.717, 1.165) is 5.56 Å². The van der Waals surface area contributed by atoms with Crippen molar-refractivity contribution in [2.24, 2.45) is 0 Å². The number of hydrogen-bond acceptors (Lipinski definition) is 2. The third-order valence-corrected chi connectivity index (χ3v) is 3.30. The molecule has 0 bridgehead atoms. The third kappa shape index (κ3) is 2.84. The lowest BCUT2D eigenvalue weighted by Crippen LogP contribution is -2.05. The molecule has 0 aromatic heterocycles. The van der Waals surface area contributed by atoms with Crippen molar-refractivity contribution >= 4 is 34.7 Å². The van der Waals surface area contributed by atoms with E-state index < -0.39 is 0 Å².